The fraction of sp³-hybridized carbons (Fsp3) is 0.588. The molecule has 1 aromatic carbocycles. The van der Waals surface area contributed by atoms with Crippen LogP contribution in [0.2, 0.25) is 0 Å². The predicted molar refractivity (Wildman–Crippen MR) is 93.2 cm³/mol. The van der Waals surface area contributed by atoms with Gasteiger partial charge >= 0.3 is 0 Å². The number of nitrogens with zero attached hydrogens (tertiary/aromatic N) is 1. The van der Waals surface area contributed by atoms with Crippen molar-refractivity contribution in [3.63, 3.8) is 0 Å². The lowest BCUT2D eigenvalue weighted by atomic mass is 10.1. The zero-order chi connectivity index (χ0) is 16.8. The van der Waals surface area contributed by atoms with Crippen LogP contribution in [0.15, 0.2) is 23.1 Å². The highest BCUT2D eigenvalue weighted by atomic mass is 32.2. The summed E-state index contributed by atoms with van der Waals surface area (Å²) in [5, 5.41) is 0. The van der Waals surface area contributed by atoms with Gasteiger partial charge in [-0.25, -0.2) is 0 Å². The van der Waals surface area contributed by atoms with Gasteiger partial charge in [-0.1, -0.05) is 0 Å². The molecule has 1 aliphatic rings. The molecule has 1 saturated heterocycles. The Hall–Kier alpha value is -1.40. The Bertz CT molecular complexity index is 539. The summed E-state index contributed by atoms with van der Waals surface area (Å²) in [6.45, 7) is 3.57. The van der Waals surface area contributed by atoms with E-state index in [9.17, 15) is 4.79 Å². The van der Waals surface area contributed by atoms with Crippen molar-refractivity contribution >= 4 is 17.7 Å². The van der Waals surface area contributed by atoms with Gasteiger partial charge in [0.25, 0.3) is 0 Å². The van der Waals surface area contributed by atoms with E-state index in [2.05, 4.69) is 6.92 Å². The van der Waals surface area contributed by atoms with E-state index in [4.69, 9.17) is 15.2 Å². The van der Waals surface area contributed by atoms with Crippen LogP contribution in [0, 0.1) is 5.92 Å². The minimum atomic E-state index is 0.224. The number of carbonyl (C=O) groups excluding carboxylic acids is 1. The van der Waals surface area contributed by atoms with Crippen LogP contribution in [0.5, 0.6) is 11.5 Å². The van der Waals surface area contributed by atoms with Gasteiger partial charge in [-0.3, -0.25) is 4.79 Å². The van der Waals surface area contributed by atoms with Gasteiger partial charge in [0.1, 0.15) is 0 Å². The first-order valence-corrected chi connectivity index (χ1v) is 8.92. The molecule has 2 rings (SSSR count). The van der Waals surface area contributed by atoms with Crippen molar-refractivity contribution in [2.24, 2.45) is 11.7 Å². The molecule has 0 aliphatic carbocycles. The van der Waals surface area contributed by atoms with E-state index in [1.165, 1.54) is 0 Å². The third-order valence-corrected chi connectivity index (χ3v) is 5.25. The molecular weight excluding hydrogens is 312 g/mol. The van der Waals surface area contributed by atoms with Crippen molar-refractivity contribution in [1.82, 2.24) is 4.90 Å². The maximum Gasteiger partial charge on any atom is 0.223 e. The van der Waals surface area contributed by atoms with Crippen molar-refractivity contribution < 1.29 is 14.3 Å². The average molecular weight is 338 g/mol. The van der Waals surface area contributed by atoms with E-state index in [-0.39, 0.29) is 5.91 Å². The van der Waals surface area contributed by atoms with Gasteiger partial charge in [0.15, 0.2) is 11.5 Å². The molecule has 0 saturated carbocycles. The monoisotopic (exact) mass is 338 g/mol. The molecule has 1 aromatic rings. The molecule has 0 radical (unpaired) electrons. The summed E-state index contributed by atoms with van der Waals surface area (Å²) in [6.07, 6.45) is 1.56. The van der Waals surface area contributed by atoms with Crippen LogP contribution in [0.4, 0.5) is 0 Å². The van der Waals surface area contributed by atoms with E-state index in [1.807, 2.05) is 23.1 Å². The molecule has 5 nitrogen and oxygen atoms in total. The lowest BCUT2D eigenvalue weighted by Gasteiger charge is -2.21. The highest BCUT2D eigenvalue weighted by Gasteiger charge is 2.30. The molecule has 1 aliphatic heterocycles. The summed E-state index contributed by atoms with van der Waals surface area (Å²) in [7, 11) is 3.24. The first-order chi connectivity index (χ1) is 11.1. The molecule has 1 heterocycles. The number of rotatable bonds is 7. The van der Waals surface area contributed by atoms with Gasteiger partial charge in [0.05, 0.1) is 14.2 Å². The minimum Gasteiger partial charge on any atom is -0.493 e. The average Bonchev–Trinajstić information content (AvgIpc) is 2.95. The third-order valence-electron chi connectivity index (χ3n) is 4.25. The predicted octanol–water partition coefficient (Wildman–Crippen LogP) is 2.38. The minimum absolute atomic E-state index is 0.224. The third kappa shape index (κ3) is 4.54. The van der Waals surface area contributed by atoms with Crippen LogP contribution in [0.25, 0.3) is 0 Å². The molecule has 2 unspecified atom stereocenters. The van der Waals surface area contributed by atoms with Crippen molar-refractivity contribution in [2.45, 2.75) is 30.7 Å². The van der Waals surface area contributed by atoms with E-state index in [0.29, 0.717) is 36.4 Å². The van der Waals surface area contributed by atoms with Crippen LogP contribution in [0.1, 0.15) is 19.8 Å². The largest absolute Gasteiger partial charge is 0.493 e. The smallest absolute Gasteiger partial charge is 0.223 e. The van der Waals surface area contributed by atoms with Crippen LogP contribution < -0.4 is 15.2 Å². The summed E-state index contributed by atoms with van der Waals surface area (Å²) in [5.41, 5.74) is 5.72. The maximum atomic E-state index is 12.4. The zero-order valence-corrected chi connectivity index (χ0v) is 14.9. The SMILES string of the molecule is COc1ccc(SCCC(=O)N2CC(CN)CC2C)cc1OC. The van der Waals surface area contributed by atoms with E-state index in [0.717, 1.165) is 23.6 Å². The zero-order valence-electron chi connectivity index (χ0n) is 14.1. The number of nitrogens with two attached hydrogens (primary N) is 1. The summed E-state index contributed by atoms with van der Waals surface area (Å²) < 4.78 is 10.5. The Labute approximate surface area is 142 Å². The molecule has 0 spiro atoms. The summed E-state index contributed by atoms with van der Waals surface area (Å²) >= 11 is 1.66. The standard InChI is InChI=1S/C17H26N2O3S/c1-12-8-13(10-18)11-19(12)17(20)6-7-23-14-4-5-15(21-2)16(9-14)22-3/h4-5,9,12-13H,6-8,10-11,18H2,1-3H3. The highest BCUT2D eigenvalue weighted by Crippen LogP contribution is 2.32. The molecule has 128 valence electrons. The number of hydrogen-bond donors (Lipinski definition) is 1. The molecule has 1 amide bonds. The summed E-state index contributed by atoms with van der Waals surface area (Å²) in [4.78, 5) is 15.4. The first-order valence-electron chi connectivity index (χ1n) is 7.93. The van der Waals surface area contributed by atoms with Gasteiger partial charge in [-0.05, 0) is 44.0 Å². The number of thioether (sulfide) groups is 1. The Balaban J connectivity index is 1.84. The van der Waals surface area contributed by atoms with Crippen LogP contribution >= 0.6 is 11.8 Å². The van der Waals surface area contributed by atoms with Gasteiger partial charge < -0.3 is 20.1 Å². The normalized spacial score (nSPS) is 20.6. The number of carbonyl (C=O) groups is 1. The van der Waals surface area contributed by atoms with Crippen LogP contribution in [-0.2, 0) is 4.79 Å². The molecular formula is C17H26N2O3S. The van der Waals surface area contributed by atoms with Gasteiger partial charge in [-0.2, -0.15) is 0 Å². The fourth-order valence-electron chi connectivity index (χ4n) is 2.97. The molecule has 2 atom stereocenters. The highest BCUT2D eigenvalue weighted by molar-refractivity contribution is 7.99. The lowest BCUT2D eigenvalue weighted by molar-refractivity contribution is -0.131. The van der Waals surface area contributed by atoms with E-state index in [1.54, 1.807) is 26.0 Å². The molecule has 0 aromatic heterocycles. The number of ether oxygens (including phenoxy) is 2. The van der Waals surface area contributed by atoms with Crippen molar-refractivity contribution in [3.8, 4) is 11.5 Å². The Morgan fingerprint density at radius 2 is 2.09 bits per heavy atom. The molecule has 2 N–H and O–H groups in total. The molecule has 6 heteroatoms. The van der Waals surface area contributed by atoms with Gasteiger partial charge in [0, 0.05) is 29.7 Å². The first kappa shape index (κ1) is 17.9. The Morgan fingerprint density at radius 1 is 1.35 bits per heavy atom. The van der Waals surface area contributed by atoms with Crippen LogP contribution in [0.3, 0.4) is 0 Å². The summed E-state index contributed by atoms with van der Waals surface area (Å²) in [5.74, 6) is 2.86. The van der Waals surface area contributed by atoms with Crippen molar-refractivity contribution in [1.29, 1.82) is 0 Å². The second kappa shape index (κ2) is 8.45. The summed E-state index contributed by atoms with van der Waals surface area (Å²) in [6, 6.07) is 6.12. The number of benzene rings is 1. The number of methoxy groups -OCH3 is 2. The van der Waals surface area contributed by atoms with Crippen LogP contribution in [-0.4, -0.2) is 49.9 Å². The quantitative estimate of drug-likeness (QED) is 0.773. The fourth-order valence-corrected chi connectivity index (χ4v) is 3.83. The topological polar surface area (TPSA) is 64.8 Å². The lowest BCUT2D eigenvalue weighted by Crippen LogP contribution is -2.34. The van der Waals surface area contributed by atoms with Crippen molar-refractivity contribution in [2.75, 3.05) is 33.1 Å². The number of likely N-dealkylation sites (tertiary alicyclic amines) is 1. The number of amides is 1. The Kier molecular flexibility index (Phi) is 6.59. The Morgan fingerprint density at radius 3 is 2.70 bits per heavy atom. The molecule has 0 bridgehead atoms. The number of hydrogen-bond acceptors (Lipinski definition) is 5. The second-order valence-corrected chi connectivity index (χ2v) is 7.02. The van der Waals surface area contributed by atoms with Crippen molar-refractivity contribution in [3.05, 3.63) is 18.2 Å². The molecule has 1 fully saturated rings. The van der Waals surface area contributed by atoms with Gasteiger partial charge in [0.2, 0.25) is 5.91 Å². The van der Waals surface area contributed by atoms with E-state index < -0.39 is 0 Å². The molecule has 23 heavy (non-hydrogen) atoms. The second-order valence-electron chi connectivity index (χ2n) is 5.85. The van der Waals surface area contributed by atoms with Gasteiger partial charge in [-0.15, -0.1) is 11.8 Å². The van der Waals surface area contributed by atoms with E-state index >= 15 is 0 Å². The maximum absolute atomic E-state index is 12.4.